The van der Waals surface area contributed by atoms with Crippen LogP contribution < -0.4 is 10.2 Å². The maximum absolute atomic E-state index is 10.7. The van der Waals surface area contributed by atoms with Crippen molar-refractivity contribution < 1.29 is 4.92 Å². The molecule has 1 aliphatic rings. The van der Waals surface area contributed by atoms with Crippen LogP contribution in [0.25, 0.3) is 0 Å². The van der Waals surface area contributed by atoms with E-state index in [1.54, 1.807) is 12.1 Å². The molecule has 2 rings (SSSR count). The number of hydrogen-bond acceptors (Lipinski definition) is 4. The van der Waals surface area contributed by atoms with E-state index in [9.17, 15) is 10.1 Å². The average Bonchev–Trinajstić information content (AvgIpc) is 2.40. The summed E-state index contributed by atoms with van der Waals surface area (Å²) in [6, 6.07) is 5.14. The highest BCUT2D eigenvalue weighted by Crippen LogP contribution is 2.28. The predicted octanol–water partition coefficient (Wildman–Crippen LogP) is 2.34. The largest absolute Gasteiger partial charge is 0.371 e. The number of rotatable bonds is 4. The number of hydrogen-bond donors (Lipinski definition) is 1. The topological polar surface area (TPSA) is 58.4 Å². The SMILES string of the molecule is CNCC1CCN(c2ccc([N+](=O)[O-])cc2C)CC1. The summed E-state index contributed by atoms with van der Waals surface area (Å²) in [5.41, 5.74) is 2.29. The van der Waals surface area contributed by atoms with Gasteiger partial charge in [-0.25, -0.2) is 0 Å². The van der Waals surface area contributed by atoms with Gasteiger partial charge in [-0.2, -0.15) is 0 Å². The van der Waals surface area contributed by atoms with Crippen molar-refractivity contribution in [2.45, 2.75) is 19.8 Å². The van der Waals surface area contributed by atoms with Crippen molar-refractivity contribution in [2.75, 3.05) is 31.6 Å². The molecule has 0 radical (unpaired) electrons. The molecule has 19 heavy (non-hydrogen) atoms. The first-order chi connectivity index (χ1) is 9.11. The van der Waals surface area contributed by atoms with E-state index < -0.39 is 0 Å². The van der Waals surface area contributed by atoms with E-state index in [4.69, 9.17) is 0 Å². The van der Waals surface area contributed by atoms with Crippen molar-refractivity contribution in [1.82, 2.24) is 5.32 Å². The molecule has 0 spiro atoms. The number of nitro benzene ring substituents is 1. The van der Waals surface area contributed by atoms with Gasteiger partial charge in [0.2, 0.25) is 0 Å². The van der Waals surface area contributed by atoms with Crippen molar-refractivity contribution in [3.8, 4) is 0 Å². The maximum Gasteiger partial charge on any atom is 0.269 e. The minimum Gasteiger partial charge on any atom is -0.371 e. The van der Waals surface area contributed by atoms with E-state index >= 15 is 0 Å². The van der Waals surface area contributed by atoms with Gasteiger partial charge in [-0.15, -0.1) is 0 Å². The minimum atomic E-state index is -0.337. The molecule has 0 amide bonds. The predicted molar refractivity (Wildman–Crippen MR) is 76.7 cm³/mol. The molecule has 0 aliphatic carbocycles. The fourth-order valence-electron chi connectivity index (χ4n) is 2.77. The highest BCUT2D eigenvalue weighted by atomic mass is 16.6. The fourth-order valence-corrected chi connectivity index (χ4v) is 2.77. The van der Waals surface area contributed by atoms with Crippen molar-refractivity contribution in [3.63, 3.8) is 0 Å². The number of non-ortho nitro benzene ring substituents is 1. The monoisotopic (exact) mass is 263 g/mol. The Morgan fingerprint density at radius 1 is 1.42 bits per heavy atom. The van der Waals surface area contributed by atoms with Gasteiger partial charge >= 0.3 is 0 Å². The minimum absolute atomic E-state index is 0.173. The van der Waals surface area contributed by atoms with Crippen LogP contribution in [0, 0.1) is 23.0 Å². The molecule has 0 saturated carbocycles. The first-order valence-electron chi connectivity index (χ1n) is 6.76. The Kier molecular flexibility index (Phi) is 4.37. The number of piperidine rings is 1. The molecule has 1 N–H and O–H groups in total. The van der Waals surface area contributed by atoms with E-state index in [2.05, 4.69) is 10.2 Å². The molecular formula is C14H21N3O2. The summed E-state index contributed by atoms with van der Waals surface area (Å²) >= 11 is 0. The second-order valence-electron chi connectivity index (χ2n) is 5.22. The summed E-state index contributed by atoms with van der Waals surface area (Å²) < 4.78 is 0. The van der Waals surface area contributed by atoms with Crippen LogP contribution in [0.2, 0.25) is 0 Å². The van der Waals surface area contributed by atoms with Crippen molar-refractivity contribution in [2.24, 2.45) is 5.92 Å². The first-order valence-corrected chi connectivity index (χ1v) is 6.76. The van der Waals surface area contributed by atoms with Crippen LogP contribution in [-0.4, -0.2) is 31.6 Å². The smallest absolute Gasteiger partial charge is 0.269 e. The lowest BCUT2D eigenvalue weighted by Crippen LogP contribution is -2.37. The average molecular weight is 263 g/mol. The van der Waals surface area contributed by atoms with Gasteiger partial charge in [0.05, 0.1) is 4.92 Å². The van der Waals surface area contributed by atoms with Gasteiger partial charge in [-0.3, -0.25) is 10.1 Å². The molecule has 0 aromatic heterocycles. The summed E-state index contributed by atoms with van der Waals surface area (Å²) in [7, 11) is 1.99. The lowest BCUT2D eigenvalue weighted by Gasteiger charge is -2.34. The zero-order chi connectivity index (χ0) is 13.8. The summed E-state index contributed by atoms with van der Waals surface area (Å²) in [5.74, 6) is 0.750. The summed E-state index contributed by atoms with van der Waals surface area (Å²) in [4.78, 5) is 12.7. The van der Waals surface area contributed by atoms with Gasteiger partial charge in [0.25, 0.3) is 5.69 Å². The molecule has 1 aromatic carbocycles. The van der Waals surface area contributed by atoms with Gasteiger partial charge in [-0.1, -0.05) is 0 Å². The summed E-state index contributed by atoms with van der Waals surface area (Å²) in [6.45, 7) is 5.09. The summed E-state index contributed by atoms with van der Waals surface area (Å²) in [5, 5.41) is 14.0. The Hall–Kier alpha value is -1.62. The van der Waals surface area contributed by atoms with E-state index in [1.165, 1.54) is 12.8 Å². The number of anilines is 1. The second kappa shape index (κ2) is 6.02. The molecule has 0 unspecified atom stereocenters. The van der Waals surface area contributed by atoms with Crippen LogP contribution >= 0.6 is 0 Å². The molecule has 0 bridgehead atoms. The standard InChI is InChI=1S/C14H21N3O2/c1-11-9-13(17(18)19)3-4-14(11)16-7-5-12(6-8-16)10-15-2/h3-4,9,12,15H,5-8,10H2,1-2H3. The van der Waals surface area contributed by atoms with E-state index in [0.717, 1.165) is 36.8 Å². The molecule has 1 heterocycles. The second-order valence-corrected chi connectivity index (χ2v) is 5.22. The molecule has 5 nitrogen and oxygen atoms in total. The molecule has 5 heteroatoms. The molecule has 104 valence electrons. The van der Waals surface area contributed by atoms with E-state index in [1.807, 2.05) is 20.0 Å². The maximum atomic E-state index is 10.7. The summed E-state index contributed by atoms with van der Waals surface area (Å²) in [6.07, 6.45) is 2.36. The Bertz CT molecular complexity index is 454. The Labute approximate surface area is 113 Å². The molecule has 1 aliphatic heterocycles. The molecule has 1 saturated heterocycles. The molecule has 1 fully saturated rings. The van der Waals surface area contributed by atoms with E-state index in [-0.39, 0.29) is 10.6 Å². The molecule has 0 atom stereocenters. The van der Waals surface area contributed by atoms with Crippen molar-refractivity contribution in [3.05, 3.63) is 33.9 Å². The first kappa shape index (κ1) is 13.8. The number of nitrogens with one attached hydrogen (secondary N) is 1. The number of benzene rings is 1. The van der Waals surface area contributed by atoms with Gasteiger partial charge in [0.15, 0.2) is 0 Å². The fraction of sp³-hybridized carbons (Fsp3) is 0.571. The van der Waals surface area contributed by atoms with Crippen LogP contribution in [0.1, 0.15) is 18.4 Å². The lowest BCUT2D eigenvalue weighted by molar-refractivity contribution is -0.384. The highest BCUT2D eigenvalue weighted by Gasteiger charge is 2.20. The Morgan fingerprint density at radius 3 is 2.63 bits per heavy atom. The zero-order valence-corrected chi connectivity index (χ0v) is 11.6. The third kappa shape index (κ3) is 3.23. The van der Waals surface area contributed by atoms with Crippen LogP contribution in [0.15, 0.2) is 18.2 Å². The van der Waals surface area contributed by atoms with Crippen molar-refractivity contribution >= 4 is 11.4 Å². The van der Waals surface area contributed by atoms with E-state index in [0.29, 0.717) is 0 Å². The zero-order valence-electron chi connectivity index (χ0n) is 11.6. The number of aryl methyl sites for hydroxylation is 1. The van der Waals surface area contributed by atoms with Crippen LogP contribution in [0.4, 0.5) is 11.4 Å². The molecule has 1 aromatic rings. The number of nitro groups is 1. The third-order valence-corrected chi connectivity index (χ3v) is 3.84. The van der Waals surface area contributed by atoms with Gasteiger partial charge in [0.1, 0.15) is 0 Å². The highest BCUT2D eigenvalue weighted by molar-refractivity contribution is 5.57. The van der Waals surface area contributed by atoms with Crippen LogP contribution in [-0.2, 0) is 0 Å². The number of nitrogens with zero attached hydrogens (tertiary/aromatic N) is 2. The third-order valence-electron chi connectivity index (χ3n) is 3.84. The van der Waals surface area contributed by atoms with Crippen LogP contribution in [0.5, 0.6) is 0 Å². The van der Waals surface area contributed by atoms with Crippen molar-refractivity contribution in [1.29, 1.82) is 0 Å². The van der Waals surface area contributed by atoms with Gasteiger partial charge in [-0.05, 0) is 50.9 Å². The lowest BCUT2D eigenvalue weighted by atomic mass is 9.96. The Morgan fingerprint density at radius 2 is 2.11 bits per heavy atom. The molecular weight excluding hydrogens is 242 g/mol. The normalized spacial score (nSPS) is 16.6. The Balaban J connectivity index is 2.05. The quantitative estimate of drug-likeness (QED) is 0.669. The van der Waals surface area contributed by atoms with Gasteiger partial charge in [0, 0.05) is 30.9 Å². The van der Waals surface area contributed by atoms with Gasteiger partial charge < -0.3 is 10.2 Å². The van der Waals surface area contributed by atoms with Crippen LogP contribution in [0.3, 0.4) is 0 Å².